The third-order valence-electron chi connectivity index (χ3n) is 3.25. The average Bonchev–Trinajstić information content (AvgIpc) is 2.96. The predicted molar refractivity (Wildman–Crippen MR) is 86.1 cm³/mol. The molecule has 0 unspecified atom stereocenters. The first-order chi connectivity index (χ1) is 10.7. The fraction of sp³-hybridized carbons (Fsp3) is 0. The van der Waals surface area contributed by atoms with Crippen LogP contribution in [-0.4, -0.2) is 5.78 Å². The number of hydrogen-bond acceptors (Lipinski definition) is 3. The number of Topliss-reactive ketones (excluding diaryl/α,β-unsaturated/α-hetero) is 1. The van der Waals surface area contributed by atoms with Crippen LogP contribution in [0, 0.1) is 17.1 Å². The summed E-state index contributed by atoms with van der Waals surface area (Å²) in [5, 5.41) is 11.9. The summed E-state index contributed by atoms with van der Waals surface area (Å²) in [6.45, 7) is 0. The summed E-state index contributed by atoms with van der Waals surface area (Å²) in [5.74, 6) is -0.747. The number of nitrogens with zero attached hydrogens (tertiary/aromatic N) is 1. The van der Waals surface area contributed by atoms with Gasteiger partial charge in [-0.3, -0.25) is 4.79 Å². The molecule has 0 radical (unpaired) electrons. The zero-order chi connectivity index (χ0) is 15.5. The molecule has 3 rings (SSSR count). The second-order valence-electron chi connectivity index (χ2n) is 4.70. The van der Waals surface area contributed by atoms with Crippen LogP contribution >= 0.6 is 11.3 Å². The molecule has 0 aliphatic carbocycles. The van der Waals surface area contributed by atoms with E-state index in [-0.39, 0.29) is 11.4 Å². The second-order valence-corrected chi connectivity index (χ2v) is 5.61. The van der Waals surface area contributed by atoms with Gasteiger partial charge in [0.05, 0.1) is 0 Å². The number of rotatable bonds is 3. The number of hydrogen-bond donors (Lipinski definition) is 0. The molecule has 22 heavy (non-hydrogen) atoms. The average molecular weight is 307 g/mol. The second kappa shape index (κ2) is 5.92. The van der Waals surface area contributed by atoms with E-state index in [2.05, 4.69) is 0 Å². The quantitative estimate of drug-likeness (QED) is 0.395. The summed E-state index contributed by atoms with van der Waals surface area (Å²) >= 11 is 1.46. The van der Waals surface area contributed by atoms with Crippen molar-refractivity contribution in [1.29, 1.82) is 5.26 Å². The molecule has 3 aromatic rings. The van der Waals surface area contributed by atoms with Crippen LogP contribution in [0.1, 0.15) is 15.9 Å². The van der Waals surface area contributed by atoms with Crippen LogP contribution in [0.15, 0.2) is 59.5 Å². The highest BCUT2D eigenvalue weighted by atomic mass is 32.1. The Labute approximate surface area is 130 Å². The molecule has 0 bridgehead atoms. The van der Waals surface area contributed by atoms with Crippen LogP contribution in [0.2, 0.25) is 0 Å². The Morgan fingerprint density at radius 1 is 1.18 bits per heavy atom. The Morgan fingerprint density at radius 3 is 2.77 bits per heavy atom. The van der Waals surface area contributed by atoms with Gasteiger partial charge in [-0.25, -0.2) is 4.39 Å². The van der Waals surface area contributed by atoms with Gasteiger partial charge >= 0.3 is 0 Å². The Hall–Kier alpha value is -2.77. The molecule has 0 aliphatic rings. The van der Waals surface area contributed by atoms with E-state index < -0.39 is 5.82 Å². The molecule has 2 nitrogen and oxygen atoms in total. The molecule has 1 aromatic heterocycles. The predicted octanol–water partition coefficient (Wildman–Crippen LogP) is 4.83. The molecule has 0 fully saturated rings. The van der Waals surface area contributed by atoms with Crippen LogP contribution in [0.3, 0.4) is 0 Å². The van der Waals surface area contributed by atoms with E-state index in [1.165, 1.54) is 29.5 Å². The van der Waals surface area contributed by atoms with Crippen molar-refractivity contribution in [2.75, 3.05) is 0 Å². The van der Waals surface area contributed by atoms with Crippen molar-refractivity contribution in [2.45, 2.75) is 0 Å². The number of nitriles is 1. The van der Waals surface area contributed by atoms with Gasteiger partial charge in [-0.2, -0.15) is 5.26 Å². The summed E-state index contributed by atoms with van der Waals surface area (Å²) < 4.78 is 14.2. The van der Waals surface area contributed by atoms with Gasteiger partial charge in [0.2, 0.25) is 5.78 Å². The molecule has 0 N–H and O–H groups in total. The van der Waals surface area contributed by atoms with E-state index in [1.54, 1.807) is 17.5 Å². The number of thiophene rings is 1. The maximum absolute atomic E-state index is 13.2. The molecule has 0 aliphatic heterocycles. The lowest BCUT2D eigenvalue weighted by Crippen LogP contribution is -2.00. The van der Waals surface area contributed by atoms with Crippen LogP contribution in [-0.2, 0) is 0 Å². The zero-order valence-corrected chi connectivity index (χ0v) is 12.2. The maximum atomic E-state index is 13.2. The summed E-state index contributed by atoms with van der Waals surface area (Å²) in [6.07, 6.45) is 1.41. The van der Waals surface area contributed by atoms with Gasteiger partial charge in [0.15, 0.2) is 0 Å². The lowest BCUT2D eigenvalue weighted by Gasteiger charge is -1.99. The van der Waals surface area contributed by atoms with E-state index >= 15 is 0 Å². The molecule has 0 saturated carbocycles. The fourth-order valence-corrected chi connectivity index (χ4v) is 3.15. The molecule has 4 heteroatoms. The van der Waals surface area contributed by atoms with E-state index in [9.17, 15) is 14.4 Å². The van der Waals surface area contributed by atoms with E-state index in [1.807, 2.05) is 30.3 Å². The van der Waals surface area contributed by atoms with E-state index in [0.717, 1.165) is 10.1 Å². The minimum absolute atomic E-state index is 0.00541. The van der Waals surface area contributed by atoms with Crippen molar-refractivity contribution >= 4 is 33.3 Å². The third kappa shape index (κ3) is 2.67. The van der Waals surface area contributed by atoms with Gasteiger partial charge in [0.1, 0.15) is 17.5 Å². The lowest BCUT2D eigenvalue weighted by molar-refractivity contribution is 0.104. The minimum Gasteiger partial charge on any atom is -0.288 e. The standard InChI is InChI=1S/C18H10FNOS/c19-14-5-3-4-12(9-14)8-13(10-20)18(21)16-11-22-17-7-2-1-6-15(16)17/h1-9,11H/b13-8+. The molecular weight excluding hydrogens is 297 g/mol. The zero-order valence-electron chi connectivity index (χ0n) is 11.4. The van der Waals surface area contributed by atoms with Crippen molar-refractivity contribution in [2.24, 2.45) is 0 Å². The number of ketones is 1. The molecule has 0 atom stereocenters. The number of carbonyl (C=O) groups excluding carboxylic acids is 1. The van der Waals surface area contributed by atoms with Gasteiger partial charge in [-0.15, -0.1) is 11.3 Å². The van der Waals surface area contributed by atoms with Gasteiger partial charge in [0, 0.05) is 21.0 Å². The van der Waals surface area contributed by atoms with Crippen molar-refractivity contribution in [3.05, 3.63) is 76.4 Å². The summed E-state index contributed by atoms with van der Waals surface area (Å²) in [7, 11) is 0. The Morgan fingerprint density at radius 2 is 2.00 bits per heavy atom. The van der Waals surface area contributed by atoms with Crippen molar-refractivity contribution in [3.63, 3.8) is 0 Å². The number of carbonyl (C=O) groups is 1. The summed E-state index contributed by atoms with van der Waals surface area (Å²) in [6, 6.07) is 15.3. The number of benzene rings is 2. The van der Waals surface area contributed by atoms with Crippen LogP contribution in [0.5, 0.6) is 0 Å². The van der Waals surface area contributed by atoms with Crippen LogP contribution < -0.4 is 0 Å². The lowest BCUT2D eigenvalue weighted by atomic mass is 10.0. The first-order valence-electron chi connectivity index (χ1n) is 6.57. The smallest absolute Gasteiger partial charge is 0.205 e. The minimum atomic E-state index is -0.403. The summed E-state index contributed by atoms with van der Waals surface area (Å²) in [4.78, 5) is 12.6. The van der Waals surface area contributed by atoms with Gasteiger partial charge in [-0.05, 0) is 29.8 Å². The maximum Gasteiger partial charge on any atom is 0.205 e. The number of fused-ring (bicyclic) bond motifs is 1. The first-order valence-corrected chi connectivity index (χ1v) is 7.45. The number of allylic oxidation sites excluding steroid dienone is 1. The van der Waals surface area contributed by atoms with Crippen molar-refractivity contribution in [3.8, 4) is 6.07 Å². The van der Waals surface area contributed by atoms with Crippen LogP contribution in [0.4, 0.5) is 4.39 Å². The Kier molecular flexibility index (Phi) is 3.82. The monoisotopic (exact) mass is 307 g/mol. The van der Waals surface area contributed by atoms with Crippen LogP contribution in [0.25, 0.3) is 16.2 Å². The van der Waals surface area contributed by atoms with Crippen molar-refractivity contribution in [1.82, 2.24) is 0 Å². The highest BCUT2D eigenvalue weighted by Gasteiger charge is 2.16. The summed E-state index contributed by atoms with van der Waals surface area (Å²) in [5.41, 5.74) is 0.989. The van der Waals surface area contributed by atoms with Crippen molar-refractivity contribution < 1.29 is 9.18 Å². The third-order valence-corrected chi connectivity index (χ3v) is 4.21. The van der Waals surface area contributed by atoms with Gasteiger partial charge in [0.25, 0.3) is 0 Å². The largest absolute Gasteiger partial charge is 0.288 e. The number of halogens is 1. The highest BCUT2D eigenvalue weighted by Crippen LogP contribution is 2.27. The molecule has 0 saturated heterocycles. The molecule has 0 spiro atoms. The molecule has 106 valence electrons. The van der Waals surface area contributed by atoms with Gasteiger partial charge < -0.3 is 0 Å². The van der Waals surface area contributed by atoms with E-state index in [0.29, 0.717) is 11.1 Å². The SMILES string of the molecule is N#C/C(=C\c1cccc(F)c1)C(=O)c1csc2ccccc12. The Bertz CT molecular complexity index is 933. The molecule has 2 aromatic carbocycles. The molecule has 0 amide bonds. The molecular formula is C18H10FNOS. The Balaban J connectivity index is 2.04. The topological polar surface area (TPSA) is 40.9 Å². The first kappa shape index (κ1) is 14.2. The fourth-order valence-electron chi connectivity index (χ4n) is 2.21. The molecule has 1 heterocycles. The normalized spacial score (nSPS) is 11.4. The van der Waals surface area contributed by atoms with Gasteiger partial charge in [-0.1, -0.05) is 30.3 Å². The highest BCUT2D eigenvalue weighted by molar-refractivity contribution is 7.17. The van der Waals surface area contributed by atoms with E-state index in [4.69, 9.17) is 0 Å².